The van der Waals surface area contributed by atoms with E-state index in [0.29, 0.717) is 16.3 Å². The van der Waals surface area contributed by atoms with E-state index in [9.17, 15) is 4.79 Å². The lowest BCUT2D eigenvalue weighted by Crippen LogP contribution is -2.16. The van der Waals surface area contributed by atoms with Gasteiger partial charge >= 0.3 is 0 Å². The summed E-state index contributed by atoms with van der Waals surface area (Å²) in [6, 6.07) is 7.41. The molecule has 94 valence electrons. The van der Waals surface area contributed by atoms with Crippen LogP contribution in [0.15, 0.2) is 29.1 Å². The van der Waals surface area contributed by atoms with Gasteiger partial charge in [0, 0.05) is 22.6 Å². The SMILES string of the molecule is CCCc1nc(-c2cccc(Cl)c2)c(C)c(=O)[nH]1. The Hall–Kier alpha value is -1.61. The van der Waals surface area contributed by atoms with Gasteiger partial charge in [0.15, 0.2) is 0 Å². The second kappa shape index (κ2) is 5.36. The summed E-state index contributed by atoms with van der Waals surface area (Å²) in [5, 5.41) is 0.644. The molecule has 0 unspecified atom stereocenters. The minimum Gasteiger partial charge on any atom is -0.310 e. The molecule has 0 aliphatic rings. The predicted molar refractivity (Wildman–Crippen MR) is 74.0 cm³/mol. The molecule has 1 aromatic carbocycles. The molecule has 0 fully saturated rings. The van der Waals surface area contributed by atoms with Crippen molar-refractivity contribution in [3.8, 4) is 11.3 Å². The van der Waals surface area contributed by atoms with E-state index >= 15 is 0 Å². The summed E-state index contributed by atoms with van der Waals surface area (Å²) in [6.45, 7) is 3.83. The monoisotopic (exact) mass is 262 g/mol. The number of nitrogens with one attached hydrogen (secondary N) is 1. The van der Waals surface area contributed by atoms with Crippen molar-refractivity contribution in [2.75, 3.05) is 0 Å². The second-order valence-corrected chi connectivity index (χ2v) is 4.68. The van der Waals surface area contributed by atoms with Crippen LogP contribution in [0.4, 0.5) is 0 Å². The second-order valence-electron chi connectivity index (χ2n) is 4.25. The number of halogens is 1. The zero-order chi connectivity index (χ0) is 13.1. The van der Waals surface area contributed by atoms with Gasteiger partial charge in [0.05, 0.1) is 5.69 Å². The first-order chi connectivity index (χ1) is 8.61. The number of nitrogens with zero attached hydrogens (tertiary/aromatic N) is 1. The van der Waals surface area contributed by atoms with Gasteiger partial charge in [-0.1, -0.05) is 30.7 Å². The zero-order valence-electron chi connectivity index (χ0n) is 10.5. The van der Waals surface area contributed by atoms with Crippen LogP contribution in [0.5, 0.6) is 0 Å². The van der Waals surface area contributed by atoms with Gasteiger partial charge in [0.2, 0.25) is 0 Å². The largest absolute Gasteiger partial charge is 0.310 e. The standard InChI is InChI=1S/C14H15ClN2O/c1-3-5-12-16-13(9(2)14(18)17-12)10-6-4-7-11(15)8-10/h4,6-8H,3,5H2,1-2H3,(H,16,17,18). The molecule has 0 amide bonds. The Morgan fingerprint density at radius 3 is 2.83 bits per heavy atom. The van der Waals surface area contributed by atoms with Gasteiger partial charge in [-0.2, -0.15) is 0 Å². The van der Waals surface area contributed by atoms with Gasteiger partial charge in [-0.25, -0.2) is 4.98 Å². The number of hydrogen-bond donors (Lipinski definition) is 1. The average molecular weight is 263 g/mol. The molecule has 0 saturated heterocycles. The van der Waals surface area contributed by atoms with Gasteiger partial charge < -0.3 is 4.98 Å². The van der Waals surface area contributed by atoms with Crippen molar-refractivity contribution >= 4 is 11.6 Å². The molecule has 1 heterocycles. The van der Waals surface area contributed by atoms with E-state index in [2.05, 4.69) is 16.9 Å². The molecule has 0 spiro atoms. The Labute approximate surface area is 111 Å². The van der Waals surface area contributed by atoms with Crippen LogP contribution in [-0.4, -0.2) is 9.97 Å². The van der Waals surface area contributed by atoms with Crippen molar-refractivity contribution in [2.24, 2.45) is 0 Å². The van der Waals surface area contributed by atoms with Crippen LogP contribution in [0.25, 0.3) is 11.3 Å². The quantitative estimate of drug-likeness (QED) is 0.922. The van der Waals surface area contributed by atoms with E-state index in [-0.39, 0.29) is 5.56 Å². The zero-order valence-corrected chi connectivity index (χ0v) is 11.2. The van der Waals surface area contributed by atoms with Crippen LogP contribution in [0.1, 0.15) is 24.7 Å². The maximum atomic E-state index is 11.9. The van der Waals surface area contributed by atoms with Crippen molar-refractivity contribution in [1.29, 1.82) is 0 Å². The van der Waals surface area contributed by atoms with Crippen LogP contribution < -0.4 is 5.56 Å². The van der Waals surface area contributed by atoms with E-state index in [1.165, 1.54) is 0 Å². The smallest absolute Gasteiger partial charge is 0.254 e. The molecule has 3 nitrogen and oxygen atoms in total. The predicted octanol–water partition coefficient (Wildman–Crippen LogP) is 3.35. The fourth-order valence-electron chi connectivity index (χ4n) is 1.85. The number of aromatic nitrogens is 2. The molecular weight excluding hydrogens is 248 g/mol. The molecule has 0 aliphatic heterocycles. The van der Waals surface area contributed by atoms with Gasteiger partial charge in [-0.15, -0.1) is 0 Å². The van der Waals surface area contributed by atoms with Crippen LogP contribution in [0, 0.1) is 6.92 Å². The number of benzene rings is 1. The third kappa shape index (κ3) is 2.62. The van der Waals surface area contributed by atoms with Crippen molar-refractivity contribution < 1.29 is 0 Å². The summed E-state index contributed by atoms with van der Waals surface area (Å²) in [4.78, 5) is 19.2. The maximum absolute atomic E-state index is 11.9. The highest BCUT2D eigenvalue weighted by Crippen LogP contribution is 2.22. The number of hydrogen-bond acceptors (Lipinski definition) is 2. The van der Waals surface area contributed by atoms with Crippen LogP contribution in [-0.2, 0) is 6.42 Å². The molecular formula is C14H15ClN2O. The summed E-state index contributed by atoms with van der Waals surface area (Å²) in [5.74, 6) is 0.725. The Balaban J connectivity index is 2.59. The molecule has 18 heavy (non-hydrogen) atoms. The molecule has 0 atom stereocenters. The first-order valence-electron chi connectivity index (χ1n) is 5.97. The molecule has 0 aliphatic carbocycles. The highest BCUT2D eigenvalue weighted by molar-refractivity contribution is 6.30. The Bertz CT molecular complexity index is 619. The molecule has 1 aromatic heterocycles. The van der Waals surface area contributed by atoms with Crippen molar-refractivity contribution in [1.82, 2.24) is 9.97 Å². The first kappa shape index (κ1) is 12.8. The summed E-state index contributed by atoms with van der Waals surface area (Å²) in [5.41, 5.74) is 2.13. The molecule has 4 heteroatoms. The average Bonchev–Trinajstić information content (AvgIpc) is 2.34. The number of rotatable bonds is 3. The summed E-state index contributed by atoms with van der Waals surface area (Å²) in [7, 11) is 0. The third-order valence-electron chi connectivity index (χ3n) is 2.79. The van der Waals surface area contributed by atoms with Gasteiger partial charge in [-0.05, 0) is 25.5 Å². The van der Waals surface area contributed by atoms with Crippen LogP contribution in [0.2, 0.25) is 5.02 Å². The molecule has 0 radical (unpaired) electrons. The van der Waals surface area contributed by atoms with Crippen molar-refractivity contribution in [2.45, 2.75) is 26.7 Å². The van der Waals surface area contributed by atoms with Crippen LogP contribution >= 0.6 is 11.6 Å². The maximum Gasteiger partial charge on any atom is 0.254 e. The fraction of sp³-hybridized carbons (Fsp3) is 0.286. The van der Waals surface area contributed by atoms with Gasteiger partial charge in [0.1, 0.15) is 5.82 Å². The molecule has 2 aromatic rings. The normalized spacial score (nSPS) is 10.6. The van der Waals surface area contributed by atoms with E-state index in [4.69, 9.17) is 11.6 Å². The molecule has 0 bridgehead atoms. The lowest BCUT2D eigenvalue weighted by atomic mass is 10.1. The van der Waals surface area contributed by atoms with E-state index in [0.717, 1.165) is 24.2 Å². The summed E-state index contributed by atoms with van der Waals surface area (Å²) in [6.07, 6.45) is 1.71. The Morgan fingerprint density at radius 2 is 2.17 bits per heavy atom. The topological polar surface area (TPSA) is 45.8 Å². The highest BCUT2D eigenvalue weighted by Gasteiger charge is 2.09. The number of H-pyrrole nitrogens is 1. The Kier molecular flexibility index (Phi) is 3.82. The minimum atomic E-state index is -0.0802. The molecule has 0 saturated carbocycles. The third-order valence-corrected chi connectivity index (χ3v) is 3.02. The molecule has 2 rings (SSSR count). The van der Waals surface area contributed by atoms with Gasteiger partial charge in [-0.3, -0.25) is 4.79 Å². The number of aryl methyl sites for hydroxylation is 1. The summed E-state index contributed by atoms with van der Waals surface area (Å²) >= 11 is 5.97. The van der Waals surface area contributed by atoms with Crippen LogP contribution in [0.3, 0.4) is 0 Å². The lowest BCUT2D eigenvalue weighted by molar-refractivity contribution is 0.823. The lowest BCUT2D eigenvalue weighted by Gasteiger charge is -2.07. The Morgan fingerprint density at radius 1 is 1.39 bits per heavy atom. The minimum absolute atomic E-state index is 0.0802. The van der Waals surface area contributed by atoms with E-state index in [1.807, 2.05) is 18.2 Å². The highest BCUT2D eigenvalue weighted by atomic mass is 35.5. The summed E-state index contributed by atoms with van der Waals surface area (Å²) < 4.78 is 0. The van der Waals surface area contributed by atoms with E-state index < -0.39 is 0 Å². The van der Waals surface area contributed by atoms with E-state index in [1.54, 1.807) is 13.0 Å². The van der Waals surface area contributed by atoms with Crippen molar-refractivity contribution in [3.05, 3.63) is 51.0 Å². The molecule has 1 N–H and O–H groups in total. The van der Waals surface area contributed by atoms with Gasteiger partial charge in [0.25, 0.3) is 5.56 Å². The first-order valence-corrected chi connectivity index (χ1v) is 6.35. The van der Waals surface area contributed by atoms with Crippen molar-refractivity contribution in [3.63, 3.8) is 0 Å². The number of aromatic amines is 1. The fourth-order valence-corrected chi connectivity index (χ4v) is 2.04.